The van der Waals surface area contributed by atoms with Crippen molar-refractivity contribution in [2.45, 2.75) is 58.6 Å². The zero-order valence-corrected chi connectivity index (χ0v) is 13.7. The molecule has 0 saturated heterocycles. The summed E-state index contributed by atoms with van der Waals surface area (Å²) in [5, 5.41) is 0.546. The minimum absolute atomic E-state index is 0.0196. The van der Waals surface area contributed by atoms with Crippen LogP contribution in [-0.4, -0.2) is 21.6 Å². The van der Waals surface area contributed by atoms with Gasteiger partial charge in [0.2, 0.25) is 0 Å². The maximum Gasteiger partial charge on any atom is 0.348 e. The molecule has 0 spiro atoms. The predicted octanol–water partition coefficient (Wildman–Crippen LogP) is 3.28. The molecule has 0 radical (unpaired) electrons. The molecule has 22 heavy (non-hydrogen) atoms. The van der Waals surface area contributed by atoms with Crippen molar-refractivity contribution in [2.24, 2.45) is 0 Å². The van der Waals surface area contributed by atoms with Crippen LogP contribution in [0.2, 0.25) is 0 Å². The molecule has 0 aliphatic heterocycles. The monoisotopic (exact) mass is 320 g/mol. The van der Waals surface area contributed by atoms with Crippen molar-refractivity contribution in [3.8, 4) is 0 Å². The second-order valence-corrected chi connectivity index (χ2v) is 6.74. The van der Waals surface area contributed by atoms with Gasteiger partial charge in [-0.1, -0.05) is 6.42 Å². The summed E-state index contributed by atoms with van der Waals surface area (Å²) in [6.45, 7) is 4.27. The van der Waals surface area contributed by atoms with E-state index in [0.29, 0.717) is 27.2 Å². The van der Waals surface area contributed by atoms with E-state index in [2.05, 4.69) is 4.98 Å². The largest absolute Gasteiger partial charge is 0.458 e. The summed E-state index contributed by atoms with van der Waals surface area (Å²) in [7, 11) is 0. The van der Waals surface area contributed by atoms with E-state index in [-0.39, 0.29) is 17.6 Å². The molecule has 0 aromatic carbocycles. The molecule has 2 heterocycles. The third-order valence-electron chi connectivity index (χ3n) is 4.27. The summed E-state index contributed by atoms with van der Waals surface area (Å²) in [6.07, 6.45) is 6.89. The van der Waals surface area contributed by atoms with Gasteiger partial charge in [-0.3, -0.25) is 9.36 Å². The Kier molecular flexibility index (Phi) is 4.29. The lowest BCUT2D eigenvalue weighted by atomic mass is 9.98. The molecular formula is C16H20N2O3S. The number of thiophene rings is 1. The molecule has 0 unspecified atom stereocenters. The highest BCUT2D eigenvalue weighted by Crippen LogP contribution is 2.29. The van der Waals surface area contributed by atoms with E-state index in [1.54, 1.807) is 11.5 Å². The van der Waals surface area contributed by atoms with Crippen molar-refractivity contribution >= 4 is 27.5 Å². The molecule has 3 rings (SSSR count). The van der Waals surface area contributed by atoms with E-state index in [9.17, 15) is 9.59 Å². The number of rotatable bonds is 3. The number of aromatic nitrogens is 2. The first kappa shape index (κ1) is 15.2. The molecule has 0 bridgehead atoms. The molecule has 1 aliphatic rings. The third-order valence-corrected chi connectivity index (χ3v) is 5.45. The van der Waals surface area contributed by atoms with Crippen LogP contribution in [0.4, 0.5) is 0 Å². The van der Waals surface area contributed by atoms with Gasteiger partial charge in [0.1, 0.15) is 15.8 Å². The Labute approximate surface area is 132 Å². The fourth-order valence-corrected chi connectivity index (χ4v) is 3.99. The third kappa shape index (κ3) is 2.67. The summed E-state index contributed by atoms with van der Waals surface area (Å²) in [5.41, 5.74) is 0.610. The Morgan fingerprint density at radius 2 is 2.14 bits per heavy atom. The average molecular weight is 320 g/mol. The molecule has 1 aliphatic carbocycles. The highest BCUT2D eigenvalue weighted by atomic mass is 32.1. The molecule has 2 aromatic heterocycles. The van der Waals surface area contributed by atoms with Gasteiger partial charge in [0.05, 0.1) is 11.7 Å². The lowest BCUT2D eigenvalue weighted by Gasteiger charge is -2.21. The van der Waals surface area contributed by atoms with Gasteiger partial charge in [-0.05, 0) is 45.1 Å². The fraction of sp³-hybridized carbons (Fsp3) is 0.562. The molecule has 0 amide bonds. The first-order valence-electron chi connectivity index (χ1n) is 7.81. The maximum atomic E-state index is 12.4. The van der Waals surface area contributed by atoms with Crippen LogP contribution < -0.4 is 5.56 Å². The van der Waals surface area contributed by atoms with E-state index >= 15 is 0 Å². The molecule has 0 N–H and O–H groups in total. The molecule has 5 nitrogen and oxygen atoms in total. The Balaban J connectivity index is 1.93. The summed E-state index contributed by atoms with van der Waals surface area (Å²) < 4.78 is 7.17. The molecule has 118 valence electrons. The van der Waals surface area contributed by atoms with Crippen molar-refractivity contribution in [1.82, 2.24) is 9.55 Å². The summed E-state index contributed by atoms with van der Waals surface area (Å²) >= 11 is 1.25. The summed E-state index contributed by atoms with van der Waals surface area (Å²) in [5.74, 6) is -0.310. The minimum Gasteiger partial charge on any atom is -0.458 e. The van der Waals surface area contributed by atoms with Gasteiger partial charge in [0.15, 0.2) is 0 Å². The number of carbonyl (C=O) groups excluding carboxylic acids is 1. The Bertz CT molecular complexity index is 757. The van der Waals surface area contributed by atoms with Crippen molar-refractivity contribution < 1.29 is 9.53 Å². The van der Waals surface area contributed by atoms with Crippen LogP contribution >= 0.6 is 11.3 Å². The molecular weight excluding hydrogens is 300 g/mol. The molecule has 2 aromatic rings. The van der Waals surface area contributed by atoms with Crippen LogP contribution in [0.5, 0.6) is 0 Å². The fourth-order valence-electron chi connectivity index (χ4n) is 2.97. The number of hydrogen-bond donors (Lipinski definition) is 0. The highest BCUT2D eigenvalue weighted by Gasteiger charge is 2.24. The van der Waals surface area contributed by atoms with Crippen LogP contribution in [0.1, 0.15) is 54.3 Å². The molecule has 1 fully saturated rings. The zero-order valence-electron chi connectivity index (χ0n) is 12.9. The number of carbonyl (C=O) groups is 1. The van der Waals surface area contributed by atoms with Gasteiger partial charge in [0.25, 0.3) is 5.56 Å². The second kappa shape index (κ2) is 6.20. The molecule has 0 atom stereocenters. The maximum absolute atomic E-state index is 12.4. The first-order chi connectivity index (χ1) is 10.6. The number of esters is 1. The Hall–Kier alpha value is -1.69. The minimum atomic E-state index is -0.310. The topological polar surface area (TPSA) is 61.2 Å². The van der Waals surface area contributed by atoms with E-state index < -0.39 is 0 Å². The van der Waals surface area contributed by atoms with Gasteiger partial charge in [-0.15, -0.1) is 11.3 Å². The SMILES string of the molecule is CCn1cnc2sc(C(=O)OC3CCCCC3)c(C)c2c1=O. The molecule has 1 saturated carbocycles. The first-order valence-corrected chi connectivity index (χ1v) is 8.63. The number of nitrogens with zero attached hydrogens (tertiary/aromatic N) is 2. The van der Waals surface area contributed by atoms with Gasteiger partial charge in [-0.25, -0.2) is 9.78 Å². The Morgan fingerprint density at radius 1 is 1.41 bits per heavy atom. The Morgan fingerprint density at radius 3 is 2.82 bits per heavy atom. The number of fused-ring (bicyclic) bond motifs is 1. The quantitative estimate of drug-likeness (QED) is 0.814. The smallest absolute Gasteiger partial charge is 0.348 e. The standard InChI is InChI=1S/C16H20N2O3S/c1-3-18-9-17-14-12(15(18)19)10(2)13(22-14)16(20)21-11-7-5-4-6-8-11/h9,11H,3-8H2,1-2H3. The zero-order chi connectivity index (χ0) is 15.7. The van der Waals surface area contributed by atoms with E-state index in [1.807, 2.05) is 6.92 Å². The van der Waals surface area contributed by atoms with Crippen LogP contribution in [0.15, 0.2) is 11.1 Å². The summed E-state index contributed by atoms with van der Waals surface area (Å²) in [6, 6.07) is 0. The van der Waals surface area contributed by atoms with E-state index in [4.69, 9.17) is 4.74 Å². The van der Waals surface area contributed by atoms with Crippen LogP contribution in [0.25, 0.3) is 10.2 Å². The summed E-state index contributed by atoms with van der Waals surface area (Å²) in [4.78, 5) is 30.2. The van der Waals surface area contributed by atoms with Crippen molar-refractivity contribution in [3.63, 3.8) is 0 Å². The van der Waals surface area contributed by atoms with E-state index in [1.165, 1.54) is 24.1 Å². The second-order valence-electron chi connectivity index (χ2n) is 5.74. The normalized spacial score (nSPS) is 16.1. The van der Waals surface area contributed by atoms with Crippen molar-refractivity contribution in [1.29, 1.82) is 0 Å². The lowest BCUT2D eigenvalue weighted by molar-refractivity contribution is 0.0216. The van der Waals surface area contributed by atoms with Crippen LogP contribution in [-0.2, 0) is 11.3 Å². The van der Waals surface area contributed by atoms with E-state index in [0.717, 1.165) is 25.7 Å². The van der Waals surface area contributed by atoms with Gasteiger partial charge >= 0.3 is 5.97 Å². The molecule has 6 heteroatoms. The van der Waals surface area contributed by atoms with Crippen molar-refractivity contribution in [3.05, 3.63) is 27.1 Å². The lowest BCUT2D eigenvalue weighted by Crippen LogP contribution is -2.21. The van der Waals surface area contributed by atoms with Crippen LogP contribution in [0, 0.1) is 6.92 Å². The number of hydrogen-bond acceptors (Lipinski definition) is 5. The number of aryl methyl sites for hydroxylation is 2. The number of ether oxygens (including phenoxy) is 1. The highest BCUT2D eigenvalue weighted by molar-refractivity contribution is 7.20. The van der Waals surface area contributed by atoms with Crippen molar-refractivity contribution in [2.75, 3.05) is 0 Å². The predicted molar refractivity (Wildman–Crippen MR) is 86.6 cm³/mol. The van der Waals surface area contributed by atoms with Gasteiger partial charge < -0.3 is 4.74 Å². The average Bonchev–Trinajstić information content (AvgIpc) is 2.86. The van der Waals surface area contributed by atoms with Gasteiger partial charge in [0, 0.05) is 6.54 Å². The van der Waals surface area contributed by atoms with Crippen LogP contribution in [0.3, 0.4) is 0 Å². The van der Waals surface area contributed by atoms with Gasteiger partial charge in [-0.2, -0.15) is 0 Å².